The number of benzene rings is 2. The molecule has 2 aromatic carbocycles. The number of aromatic nitrogens is 3. The van der Waals surface area contributed by atoms with E-state index in [9.17, 15) is 4.79 Å². The van der Waals surface area contributed by atoms with E-state index in [4.69, 9.17) is 4.42 Å². The molecule has 28 heavy (non-hydrogen) atoms. The second-order valence-corrected chi connectivity index (χ2v) is 7.08. The first-order chi connectivity index (χ1) is 13.8. The van der Waals surface area contributed by atoms with Crippen molar-refractivity contribution in [1.82, 2.24) is 14.4 Å². The first-order valence-corrected chi connectivity index (χ1v) is 9.04. The summed E-state index contributed by atoms with van der Waals surface area (Å²) in [5, 5.41) is 6.77. The quantitative estimate of drug-likeness (QED) is 0.285. The molecule has 0 aliphatic carbocycles. The van der Waals surface area contributed by atoms with Gasteiger partial charge in [-0.05, 0) is 24.3 Å². The fourth-order valence-corrected chi connectivity index (χ4v) is 4.67. The maximum Gasteiger partial charge on any atom is 0.344 e. The zero-order valence-corrected chi connectivity index (χ0v) is 14.5. The van der Waals surface area contributed by atoms with Crippen molar-refractivity contribution >= 4 is 59.8 Å². The van der Waals surface area contributed by atoms with Gasteiger partial charge in [0.05, 0.1) is 34.3 Å². The number of hydrogen-bond donors (Lipinski definition) is 0. The minimum Gasteiger partial charge on any atom is -0.422 e. The van der Waals surface area contributed by atoms with Crippen LogP contribution in [0.15, 0.2) is 76.5 Å². The highest BCUT2D eigenvalue weighted by Gasteiger charge is 2.22. The Balaban J connectivity index is 1.98. The Morgan fingerprint density at radius 3 is 2.29 bits per heavy atom. The largest absolute Gasteiger partial charge is 0.422 e. The fourth-order valence-electron chi connectivity index (χ4n) is 4.67. The Bertz CT molecular complexity index is 1790. The summed E-state index contributed by atoms with van der Waals surface area (Å²) in [7, 11) is 0. The lowest BCUT2D eigenvalue weighted by Gasteiger charge is -2.05. The van der Waals surface area contributed by atoms with E-state index in [1.165, 1.54) is 0 Å². The summed E-state index contributed by atoms with van der Waals surface area (Å²) in [5.41, 5.74) is 3.44. The Morgan fingerprint density at radius 1 is 0.750 bits per heavy atom. The third-order valence-corrected chi connectivity index (χ3v) is 5.75. The van der Waals surface area contributed by atoms with E-state index in [1.54, 1.807) is 12.4 Å². The van der Waals surface area contributed by atoms with Gasteiger partial charge in [0.15, 0.2) is 0 Å². The zero-order chi connectivity index (χ0) is 18.4. The van der Waals surface area contributed by atoms with Crippen LogP contribution in [0, 0.1) is 0 Å². The van der Waals surface area contributed by atoms with E-state index < -0.39 is 0 Å². The van der Waals surface area contributed by atoms with Crippen LogP contribution in [0.3, 0.4) is 0 Å². The summed E-state index contributed by atoms with van der Waals surface area (Å²) < 4.78 is 8.00. The summed E-state index contributed by atoms with van der Waals surface area (Å²) in [5.74, 6) is 0. The first kappa shape index (κ1) is 14.1. The molecule has 0 amide bonds. The lowest BCUT2D eigenvalue weighted by Crippen LogP contribution is -1.99. The molecule has 5 aromatic heterocycles. The molecule has 0 aliphatic rings. The van der Waals surface area contributed by atoms with E-state index in [2.05, 4.69) is 14.4 Å². The standard InChI is InChI=1S/C23H11N3O2/c27-23-14-4-2-1-3-13(14)20-19(28-23)9-16-12-5-7-24-10-17(12)26-18-11-25-8-6-15(18)21(20)22(16)26/h1-11H. The number of pyridine rings is 2. The van der Waals surface area contributed by atoms with Crippen molar-refractivity contribution in [2.45, 2.75) is 0 Å². The van der Waals surface area contributed by atoms with Gasteiger partial charge in [-0.2, -0.15) is 0 Å². The van der Waals surface area contributed by atoms with Crippen LogP contribution >= 0.6 is 0 Å². The maximum absolute atomic E-state index is 12.6. The second kappa shape index (κ2) is 4.64. The highest BCUT2D eigenvalue weighted by Crippen LogP contribution is 2.43. The minimum atomic E-state index is -0.312. The molecule has 0 saturated heterocycles. The minimum absolute atomic E-state index is 0.312. The van der Waals surface area contributed by atoms with Crippen LogP contribution in [0.5, 0.6) is 0 Å². The smallest absolute Gasteiger partial charge is 0.344 e. The fraction of sp³-hybridized carbons (Fsp3) is 0. The highest BCUT2D eigenvalue weighted by atomic mass is 16.4. The lowest BCUT2D eigenvalue weighted by molar-refractivity contribution is 0.570. The molecule has 0 spiro atoms. The van der Waals surface area contributed by atoms with Gasteiger partial charge in [-0.25, -0.2) is 4.79 Å². The van der Waals surface area contributed by atoms with Gasteiger partial charge in [0.1, 0.15) is 5.58 Å². The average Bonchev–Trinajstić information content (AvgIpc) is 3.25. The highest BCUT2D eigenvalue weighted by molar-refractivity contribution is 6.34. The normalized spacial score (nSPS) is 12.4. The molecule has 5 nitrogen and oxygen atoms in total. The van der Waals surface area contributed by atoms with Crippen LogP contribution in [0.4, 0.5) is 0 Å². The van der Waals surface area contributed by atoms with E-state index in [1.807, 2.05) is 54.9 Å². The number of fused-ring (bicyclic) bond motifs is 10. The van der Waals surface area contributed by atoms with Crippen LogP contribution < -0.4 is 5.63 Å². The van der Waals surface area contributed by atoms with Gasteiger partial charge in [-0.3, -0.25) is 9.97 Å². The van der Waals surface area contributed by atoms with Crippen molar-refractivity contribution in [2.24, 2.45) is 0 Å². The number of rotatable bonds is 0. The molecule has 0 aliphatic heterocycles. The molecule has 0 saturated carbocycles. The molecular weight excluding hydrogens is 350 g/mol. The molecule has 0 atom stereocenters. The molecular formula is C23H11N3O2. The molecule has 0 fully saturated rings. The van der Waals surface area contributed by atoms with Gasteiger partial charge in [0, 0.05) is 44.7 Å². The van der Waals surface area contributed by atoms with Gasteiger partial charge in [0.2, 0.25) is 0 Å². The summed E-state index contributed by atoms with van der Waals surface area (Å²) in [4.78, 5) is 21.3. The van der Waals surface area contributed by atoms with E-state index >= 15 is 0 Å². The van der Waals surface area contributed by atoms with Crippen LogP contribution in [-0.4, -0.2) is 14.4 Å². The van der Waals surface area contributed by atoms with Gasteiger partial charge in [-0.1, -0.05) is 18.2 Å². The third-order valence-electron chi connectivity index (χ3n) is 5.75. The molecule has 0 radical (unpaired) electrons. The van der Waals surface area contributed by atoms with Crippen molar-refractivity contribution in [1.29, 1.82) is 0 Å². The van der Waals surface area contributed by atoms with Crippen LogP contribution in [0.1, 0.15) is 0 Å². The molecule has 7 aromatic rings. The van der Waals surface area contributed by atoms with Gasteiger partial charge in [-0.15, -0.1) is 0 Å². The third kappa shape index (κ3) is 1.48. The van der Waals surface area contributed by atoms with Gasteiger partial charge < -0.3 is 8.82 Å². The van der Waals surface area contributed by atoms with Gasteiger partial charge >= 0.3 is 5.63 Å². The van der Waals surface area contributed by atoms with Crippen molar-refractivity contribution in [2.75, 3.05) is 0 Å². The predicted octanol–water partition coefficient (Wildman–Crippen LogP) is 4.89. The van der Waals surface area contributed by atoms with Crippen molar-refractivity contribution in [3.63, 3.8) is 0 Å². The van der Waals surface area contributed by atoms with Crippen LogP contribution in [-0.2, 0) is 0 Å². The number of hydrogen-bond acceptors (Lipinski definition) is 4. The topological polar surface area (TPSA) is 60.4 Å². The molecule has 7 rings (SSSR count). The Hall–Kier alpha value is -3.99. The summed E-state index contributed by atoms with van der Waals surface area (Å²) in [6.07, 6.45) is 7.35. The maximum atomic E-state index is 12.6. The van der Waals surface area contributed by atoms with Crippen molar-refractivity contribution < 1.29 is 4.42 Å². The second-order valence-electron chi connectivity index (χ2n) is 7.08. The van der Waals surface area contributed by atoms with Gasteiger partial charge in [0.25, 0.3) is 0 Å². The Morgan fingerprint density at radius 2 is 1.46 bits per heavy atom. The van der Waals surface area contributed by atoms with Crippen LogP contribution in [0.25, 0.3) is 59.8 Å². The van der Waals surface area contributed by atoms with E-state index in [0.717, 1.165) is 48.9 Å². The van der Waals surface area contributed by atoms with Crippen molar-refractivity contribution in [3.05, 3.63) is 77.7 Å². The lowest BCUT2D eigenvalue weighted by atomic mass is 10.0. The summed E-state index contributed by atoms with van der Waals surface area (Å²) >= 11 is 0. The predicted molar refractivity (Wildman–Crippen MR) is 110 cm³/mol. The molecule has 5 heteroatoms. The summed E-state index contributed by atoms with van der Waals surface area (Å²) in [6, 6.07) is 13.6. The monoisotopic (exact) mass is 361 g/mol. The van der Waals surface area contributed by atoms with E-state index in [0.29, 0.717) is 11.0 Å². The molecule has 0 N–H and O–H groups in total. The van der Waals surface area contributed by atoms with Crippen molar-refractivity contribution in [3.8, 4) is 0 Å². The molecule has 0 unspecified atom stereocenters. The first-order valence-electron chi connectivity index (χ1n) is 9.04. The molecule has 0 bridgehead atoms. The Labute approximate surface area is 156 Å². The average molecular weight is 361 g/mol. The summed E-state index contributed by atoms with van der Waals surface area (Å²) in [6.45, 7) is 0. The SMILES string of the molecule is O=c1oc2cc3c4ccncc4n4c5cnccc5c(c2c2ccccc12)c34. The van der Waals surface area contributed by atoms with Crippen LogP contribution in [0.2, 0.25) is 0 Å². The molecule has 5 heterocycles. The number of nitrogens with zero attached hydrogens (tertiary/aromatic N) is 3. The van der Waals surface area contributed by atoms with E-state index in [-0.39, 0.29) is 5.63 Å². The zero-order valence-electron chi connectivity index (χ0n) is 14.5. The molecule has 130 valence electrons. The Kier molecular flexibility index (Phi) is 2.34.